The van der Waals surface area contributed by atoms with Crippen LogP contribution >= 0.6 is 12.4 Å². The Balaban J connectivity index is 0.00000338. The summed E-state index contributed by atoms with van der Waals surface area (Å²) in [4.78, 5) is 11.2. The van der Waals surface area contributed by atoms with Crippen LogP contribution in [0.5, 0.6) is 0 Å². The summed E-state index contributed by atoms with van der Waals surface area (Å²) in [6, 6.07) is 3.37. The largest absolute Gasteiger partial charge is 0.416 e. The molecule has 26 heavy (non-hydrogen) atoms. The molecule has 0 aromatic heterocycles. The molecule has 1 fully saturated rings. The van der Waals surface area contributed by atoms with Crippen molar-refractivity contribution in [1.29, 1.82) is 0 Å². The average molecular weight is 416 g/mol. The van der Waals surface area contributed by atoms with Gasteiger partial charge >= 0.3 is 6.18 Å². The Morgan fingerprint density at radius 2 is 2.04 bits per heavy atom. The van der Waals surface area contributed by atoms with Gasteiger partial charge in [0.15, 0.2) is 0 Å². The van der Waals surface area contributed by atoms with Gasteiger partial charge in [-0.25, -0.2) is 13.1 Å². The van der Waals surface area contributed by atoms with Gasteiger partial charge in [0, 0.05) is 6.54 Å². The number of alkyl halides is 3. The van der Waals surface area contributed by atoms with Crippen molar-refractivity contribution in [2.45, 2.75) is 23.9 Å². The first-order chi connectivity index (χ1) is 11.7. The second-order valence-corrected chi connectivity index (χ2v) is 7.61. The van der Waals surface area contributed by atoms with Crippen molar-refractivity contribution in [2.24, 2.45) is 5.92 Å². The SMILES string of the molecule is Cl.O=C(CNS(=O)(=O)c1cccc(C(F)(F)F)c1)NCCC1CCNC1. The minimum atomic E-state index is -4.64. The molecular weight excluding hydrogens is 395 g/mol. The number of benzene rings is 1. The second-order valence-electron chi connectivity index (χ2n) is 5.85. The Morgan fingerprint density at radius 3 is 2.65 bits per heavy atom. The molecule has 1 atom stereocenters. The molecule has 0 spiro atoms. The van der Waals surface area contributed by atoms with Crippen LogP contribution in [0.1, 0.15) is 18.4 Å². The van der Waals surface area contributed by atoms with Gasteiger partial charge in [0.05, 0.1) is 17.0 Å². The van der Waals surface area contributed by atoms with Gasteiger partial charge in [0.25, 0.3) is 0 Å². The van der Waals surface area contributed by atoms with E-state index in [0.29, 0.717) is 18.5 Å². The third kappa shape index (κ3) is 6.75. The highest BCUT2D eigenvalue weighted by Gasteiger charge is 2.31. The van der Waals surface area contributed by atoms with Gasteiger partial charge in [-0.05, 0) is 50.0 Å². The summed E-state index contributed by atoms with van der Waals surface area (Å²) in [5.41, 5.74) is -1.06. The van der Waals surface area contributed by atoms with E-state index < -0.39 is 39.1 Å². The summed E-state index contributed by atoms with van der Waals surface area (Å²) in [5.74, 6) is -0.0383. The first-order valence-corrected chi connectivity index (χ1v) is 9.31. The van der Waals surface area contributed by atoms with E-state index in [9.17, 15) is 26.4 Å². The fourth-order valence-corrected chi connectivity index (χ4v) is 3.55. The number of hydrogen-bond donors (Lipinski definition) is 3. The standard InChI is InChI=1S/C15H20F3N3O3S.ClH/c16-15(17,18)12-2-1-3-13(8-12)25(23,24)21-10-14(22)20-7-5-11-4-6-19-9-11;/h1-3,8,11,19,21H,4-7,9-10H2,(H,20,22);1H. The summed E-state index contributed by atoms with van der Waals surface area (Å²) in [7, 11) is -4.20. The van der Waals surface area contributed by atoms with Crippen LogP contribution in [-0.2, 0) is 21.0 Å². The molecule has 148 valence electrons. The van der Waals surface area contributed by atoms with Crippen molar-refractivity contribution in [3.8, 4) is 0 Å². The number of carbonyl (C=O) groups excluding carboxylic acids is 1. The number of carbonyl (C=O) groups is 1. The lowest BCUT2D eigenvalue weighted by atomic mass is 10.1. The maximum Gasteiger partial charge on any atom is 0.416 e. The van der Waals surface area contributed by atoms with Crippen molar-refractivity contribution >= 4 is 28.3 Å². The monoisotopic (exact) mass is 415 g/mol. The van der Waals surface area contributed by atoms with Crippen LogP contribution in [0.2, 0.25) is 0 Å². The Labute approximate surface area is 156 Å². The van der Waals surface area contributed by atoms with Gasteiger partial charge in [0.2, 0.25) is 15.9 Å². The highest BCUT2D eigenvalue weighted by molar-refractivity contribution is 7.89. The fourth-order valence-electron chi connectivity index (χ4n) is 2.52. The zero-order valence-corrected chi connectivity index (χ0v) is 15.4. The van der Waals surface area contributed by atoms with Crippen LogP contribution in [-0.4, -0.2) is 40.5 Å². The number of sulfonamides is 1. The van der Waals surface area contributed by atoms with E-state index in [0.717, 1.165) is 44.1 Å². The predicted molar refractivity (Wildman–Crippen MR) is 92.5 cm³/mol. The highest BCUT2D eigenvalue weighted by Crippen LogP contribution is 2.30. The summed E-state index contributed by atoms with van der Waals surface area (Å²) in [6.45, 7) is 1.76. The summed E-state index contributed by atoms with van der Waals surface area (Å²) in [5, 5.41) is 5.80. The van der Waals surface area contributed by atoms with Crippen LogP contribution in [0.15, 0.2) is 29.2 Å². The summed E-state index contributed by atoms with van der Waals surface area (Å²) >= 11 is 0. The lowest BCUT2D eigenvalue weighted by Crippen LogP contribution is -2.37. The molecule has 1 aliphatic rings. The Kier molecular flexibility index (Phi) is 8.32. The van der Waals surface area contributed by atoms with Crippen LogP contribution in [0, 0.1) is 5.92 Å². The van der Waals surface area contributed by atoms with Gasteiger partial charge in [-0.2, -0.15) is 13.2 Å². The van der Waals surface area contributed by atoms with Gasteiger partial charge in [0.1, 0.15) is 0 Å². The minimum absolute atomic E-state index is 0. The van der Waals surface area contributed by atoms with E-state index in [4.69, 9.17) is 0 Å². The zero-order chi connectivity index (χ0) is 18.5. The molecule has 0 radical (unpaired) electrons. The molecule has 1 aromatic rings. The molecule has 1 unspecified atom stereocenters. The molecule has 1 saturated heterocycles. The fraction of sp³-hybridized carbons (Fsp3) is 0.533. The summed E-state index contributed by atoms with van der Waals surface area (Å²) < 4.78 is 64.0. The third-order valence-corrected chi connectivity index (χ3v) is 5.33. The van der Waals surface area contributed by atoms with Crippen molar-refractivity contribution in [3.63, 3.8) is 0 Å². The predicted octanol–water partition coefficient (Wildman–Crippen LogP) is 1.52. The number of hydrogen-bond acceptors (Lipinski definition) is 4. The van der Waals surface area contributed by atoms with E-state index in [1.165, 1.54) is 0 Å². The topological polar surface area (TPSA) is 87.3 Å². The molecule has 1 heterocycles. The van der Waals surface area contributed by atoms with E-state index in [1.54, 1.807) is 0 Å². The van der Waals surface area contributed by atoms with Gasteiger partial charge in [-0.15, -0.1) is 12.4 Å². The maximum atomic E-state index is 12.7. The van der Waals surface area contributed by atoms with Gasteiger partial charge < -0.3 is 10.6 Å². The molecule has 1 aromatic carbocycles. The number of rotatable bonds is 7. The first-order valence-electron chi connectivity index (χ1n) is 7.83. The normalized spacial score (nSPS) is 17.6. The van der Waals surface area contributed by atoms with Gasteiger partial charge in [-0.3, -0.25) is 4.79 Å². The molecule has 0 saturated carbocycles. The molecule has 1 aliphatic heterocycles. The minimum Gasteiger partial charge on any atom is -0.355 e. The Bertz CT molecular complexity index is 708. The number of amides is 1. The first kappa shape index (κ1) is 22.7. The Hall–Kier alpha value is -1.36. The average Bonchev–Trinajstić information content (AvgIpc) is 3.06. The summed E-state index contributed by atoms with van der Waals surface area (Å²) in [6.07, 6.45) is -2.81. The number of halogens is 4. The molecule has 0 aliphatic carbocycles. The zero-order valence-electron chi connectivity index (χ0n) is 13.8. The Morgan fingerprint density at radius 1 is 1.31 bits per heavy atom. The van der Waals surface area contributed by atoms with E-state index >= 15 is 0 Å². The maximum absolute atomic E-state index is 12.7. The van der Waals surface area contributed by atoms with Crippen LogP contribution in [0.3, 0.4) is 0 Å². The molecule has 0 bridgehead atoms. The van der Waals surface area contributed by atoms with Gasteiger partial charge in [-0.1, -0.05) is 6.07 Å². The van der Waals surface area contributed by atoms with E-state index in [-0.39, 0.29) is 12.4 Å². The molecule has 6 nitrogen and oxygen atoms in total. The van der Waals surface area contributed by atoms with Crippen molar-refractivity contribution < 1.29 is 26.4 Å². The molecule has 11 heteroatoms. The molecular formula is C15H21ClF3N3O3S. The van der Waals surface area contributed by atoms with Crippen molar-refractivity contribution in [2.75, 3.05) is 26.2 Å². The van der Waals surface area contributed by atoms with Crippen molar-refractivity contribution in [1.82, 2.24) is 15.4 Å². The molecule has 1 amide bonds. The lowest BCUT2D eigenvalue weighted by Gasteiger charge is -2.11. The quantitative estimate of drug-likeness (QED) is 0.630. The third-order valence-electron chi connectivity index (χ3n) is 3.93. The highest BCUT2D eigenvalue weighted by atomic mass is 35.5. The van der Waals surface area contributed by atoms with E-state index in [2.05, 4.69) is 10.6 Å². The smallest absolute Gasteiger partial charge is 0.355 e. The molecule has 2 rings (SSSR count). The van der Waals surface area contributed by atoms with Crippen LogP contribution in [0.4, 0.5) is 13.2 Å². The van der Waals surface area contributed by atoms with Crippen molar-refractivity contribution in [3.05, 3.63) is 29.8 Å². The second kappa shape index (κ2) is 9.54. The van der Waals surface area contributed by atoms with Crippen LogP contribution in [0.25, 0.3) is 0 Å². The lowest BCUT2D eigenvalue weighted by molar-refractivity contribution is -0.137. The van der Waals surface area contributed by atoms with Crippen LogP contribution < -0.4 is 15.4 Å². The number of nitrogens with one attached hydrogen (secondary N) is 3. The van der Waals surface area contributed by atoms with E-state index in [1.807, 2.05) is 4.72 Å². The molecule has 3 N–H and O–H groups in total.